The Balaban J connectivity index is 0.000000152. The van der Waals surface area contributed by atoms with E-state index in [9.17, 15) is 0 Å². The SMILES string of the molecule is [Fe+2].c1cnn(B(c2ccn[nH]2)[n+]2ccc[n-]2)c1.c1cnn(B(c2ccn[nH]2)[n+]2ccc[n-]2)c1. The minimum atomic E-state index is -0.118. The first kappa shape index (κ1) is 22.1. The minimum absolute atomic E-state index is 0. The van der Waals surface area contributed by atoms with Gasteiger partial charge in [-0.2, -0.15) is 20.4 Å². The summed E-state index contributed by atoms with van der Waals surface area (Å²) in [5, 5.41) is 30.7. The van der Waals surface area contributed by atoms with E-state index in [1.54, 1.807) is 37.2 Å². The van der Waals surface area contributed by atoms with Crippen molar-refractivity contribution in [3.05, 3.63) is 98.4 Å². The second kappa shape index (κ2) is 10.5. The predicted octanol–water partition coefficient (Wildman–Crippen LogP) is -2.72. The second-order valence-electron chi connectivity index (χ2n) is 6.72. The molecular formula is C18H18B2FeN12+2. The Morgan fingerprint density at radius 2 is 1.18 bits per heavy atom. The van der Waals surface area contributed by atoms with Gasteiger partial charge in [-0.25, -0.2) is 9.19 Å². The molecule has 0 fully saturated rings. The molecule has 12 nitrogen and oxygen atoms in total. The van der Waals surface area contributed by atoms with Crippen LogP contribution in [0.3, 0.4) is 0 Å². The number of H-pyrrole nitrogens is 2. The van der Waals surface area contributed by atoms with Gasteiger partial charge in [-0.05, 0) is 36.4 Å². The van der Waals surface area contributed by atoms with Crippen LogP contribution >= 0.6 is 0 Å². The Labute approximate surface area is 199 Å². The maximum absolute atomic E-state index is 4.24. The van der Waals surface area contributed by atoms with E-state index in [4.69, 9.17) is 0 Å². The van der Waals surface area contributed by atoms with Crippen molar-refractivity contribution in [2.24, 2.45) is 0 Å². The van der Waals surface area contributed by atoms with Crippen LogP contribution in [0, 0.1) is 0 Å². The third-order valence-corrected chi connectivity index (χ3v) is 4.70. The monoisotopic (exact) mass is 480 g/mol. The molecule has 0 saturated heterocycles. The van der Waals surface area contributed by atoms with Crippen LogP contribution in [-0.2, 0) is 17.1 Å². The van der Waals surface area contributed by atoms with E-state index in [-0.39, 0.29) is 31.0 Å². The van der Waals surface area contributed by atoms with Crippen molar-refractivity contribution in [1.29, 1.82) is 0 Å². The Hall–Kier alpha value is -4.09. The Morgan fingerprint density at radius 3 is 1.48 bits per heavy atom. The van der Waals surface area contributed by atoms with Crippen molar-refractivity contribution in [1.82, 2.24) is 50.0 Å². The van der Waals surface area contributed by atoms with Gasteiger partial charge in [0.25, 0.3) is 0 Å². The summed E-state index contributed by atoms with van der Waals surface area (Å²) in [6, 6.07) is 11.3. The Bertz CT molecular complexity index is 1000. The molecule has 6 aromatic heterocycles. The average molecular weight is 480 g/mol. The number of aromatic amines is 2. The molecule has 0 aliphatic heterocycles. The van der Waals surface area contributed by atoms with Crippen LogP contribution in [-0.4, -0.2) is 53.7 Å². The third kappa shape index (κ3) is 4.89. The molecule has 0 atom stereocenters. The van der Waals surface area contributed by atoms with Gasteiger partial charge in [-0.15, -0.1) is 12.4 Å². The van der Waals surface area contributed by atoms with Crippen molar-refractivity contribution in [2.45, 2.75) is 0 Å². The van der Waals surface area contributed by atoms with Crippen LogP contribution in [0.4, 0.5) is 0 Å². The van der Waals surface area contributed by atoms with Gasteiger partial charge < -0.3 is 19.4 Å². The van der Waals surface area contributed by atoms with E-state index in [1.165, 1.54) is 0 Å². The molecule has 33 heavy (non-hydrogen) atoms. The summed E-state index contributed by atoms with van der Waals surface area (Å²) < 4.78 is 7.28. The number of aromatic nitrogens is 12. The summed E-state index contributed by atoms with van der Waals surface area (Å²) in [5.41, 5.74) is 1.87. The first-order chi connectivity index (χ1) is 15.9. The summed E-state index contributed by atoms with van der Waals surface area (Å²) in [4.78, 5) is 0. The van der Waals surface area contributed by atoms with Gasteiger partial charge in [-0.3, -0.25) is 10.2 Å². The van der Waals surface area contributed by atoms with E-state index in [0.717, 1.165) is 11.2 Å². The number of hydrogen-bond donors (Lipinski definition) is 2. The van der Waals surface area contributed by atoms with Gasteiger partial charge in [0, 0.05) is 37.2 Å². The first-order valence-corrected chi connectivity index (χ1v) is 9.85. The summed E-state index contributed by atoms with van der Waals surface area (Å²) in [6.07, 6.45) is 18.0. The Kier molecular flexibility index (Phi) is 7.02. The Morgan fingerprint density at radius 1 is 0.697 bits per heavy atom. The van der Waals surface area contributed by atoms with E-state index in [0.29, 0.717) is 0 Å². The number of nitrogens with zero attached hydrogens (tertiary/aromatic N) is 10. The van der Waals surface area contributed by atoms with Crippen molar-refractivity contribution in [2.75, 3.05) is 0 Å². The zero-order valence-corrected chi connectivity index (χ0v) is 18.3. The summed E-state index contributed by atoms with van der Waals surface area (Å²) in [5.74, 6) is 0. The van der Waals surface area contributed by atoms with Gasteiger partial charge in [0.1, 0.15) is 23.6 Å². The van der Waals surface area contributed by atoms with E-state index < -0.39 is 0 Å². The molecular weight excluding hydrogens is 462 g/mol. The van der Waals surface area contributed by atoms with E-state index in [2.05, 4.69) is 40.8 Å². The topological polar surface area (TPSA) is 129 Å². The molecule has 2 N–H and O–H groups in total. The van der Waals surface area contributed by atoms with Crippen LogP contribution in [0.15, 0.2) is 98.4 Å². The van der Waals surface area contributed by atoms with Gasteiger partial charge in [0.2, 0.25) is 0 Å². The van der Waals surface area contributed by atoms with Crippen molar-refractivity contribution in [3.8, 4) is 0 Å². The maximum atomic E-state index is 4.24. The smallest absolute Gasteiger partial charge is 0.443 e. The number of hydrogen-bond acceptors (Lipinski definition) is 4. The number of nitrogens with one attached hydrogen (secondary N) is 2. The van der Waals surface area contributed by atoms with Crippen LogP contribution < -0.4 is 30.6 Å². The summed E-state index contributed by atoms with van der Waals surface area (Å²) in [7, 11) is 0. The van der Waals surface area contributed by atoms with Crippen LogP contribution in [0.25, 0.3) is 0 Å². The van der Waals surface area contributed by atoms with Crippen LogP contribution in [0.1, 0.15) is 0 Å². The third-order valence-electron chi connectivity index (χ3n) is 4.70. The standard InChI is InChI=1S/2C9H9BN6.Fe/c2*1-4-12-15(7-1)10(9-3-6-11-14-9)16-8-2-5-13-16;/h2*1-8H,(H,11,14);/q;;+2. The first-order valence-electron chi connectivity index (χ1n) is 9.85. The normalized spacial score (nSPS) is 10.2. The fourth-order valence-corrected chi connectivity index (χ4v) is 3.33. The van der Waals surface area contributed by atoms with Gasteiger partial charge in [0.05, 0.1) is 0 Å². The van der Waals surface area contributed by atoms with Crippen molar-refractivity contribution >= 4 is 25.2 Å². The molecule has 0 unspecified atom stereocenters. The predicted molar refractivity (Wildman–Crippen MR) is 114 cm³/mol. The van der Waals surface area contributed by atoms with Gasteiger partial charge in [0.15, 0.2) is 0 Å². The second-order valence-corrected chi connectivity index (χ2v) is 6.72. The van der Waals surface area contributed by atoms with E-state index >= 15 is 0 Å². The van der Waals surface area contributed by atoms with Gasteiger partial charge in [-0.1, -0.05) is 0 Å². The largest absolute Gasteiger partial charge is 2.00 e. The molecule has 6 aromatic rings. The molecule has 162 valence electrons. The van der Waals surface area contributed by atoms with Crippen molar-refractivity contribution in [3.63, 3.8) is 0 Å². The molecule has 0 spiro atoms. The molecule has 15 heteroatoms. The van der Waals surface area contributed by atoms with Crippen molar-refractivity contribution < 1.29 is 26.3 Å². The van der Waals surface area contributed by atoms with Crippen LogP contribution in [0.5, 0.6) is 0 Å². The fraction of sp³-hybridized carbons (Fsp3) is 0. The van der Waals surface area contributed by atoms with E-state index in [1.807, 2.05) is 79.6 Å². The molecule has 0 aliphatic rings. The zero-order chi connectivity index (χ0) is 21.6. The maximum Gasteiger partial charge on any atom is 2.00 e. The quantitative estimate of drug-likeness (QED) is 0.250. The zero-order valence-electron chi connectivity index (χ0n) is 17.2. The molecule has 6 heterocycles. The molecule has 0 radical (unpaired) electrons. The summed E-state index contributed by atoms with van der Waals surface area (Å²) in [6.45, 7) is -0.236. The summed E-state index contributed by atoms with van der Waals surface area (Å²) >= 11 is 0. The fourth-order valence-electron chi connectivity index (χ4n) is 3.33. The average Bonchev–Trinajstić information content (AvgIpc) is 3.67. The molecule has 6 rings (SSSR count). The van der Waals surface area contributed by atoms with Gasteiger partial charge >= 0.3 is 31.0 Å². The molecule has 0 saturated carbocycles. The molecule has 0 bridgehead atoms. The molecule has 0 aromatic carbocycles. The molecule has 0 aliphatic carbocycles. The number of rotatable bonds is 6. The molecule has 0 amide bonds. The minimum Gasteiger partial charge on any atom is -0.443 e. The van der Waals surface area contributed by atoms with Crippen LogP contribution in [0.2, 0.25) is 0 Å².